The summed E-state index contributed by atoms with van der Waals surface area (Å²) in [6, 6.07) is -0.561. The van der Waals surface area contributed by atoms with Crippen molar-refractivity contribution < 1.29 is 19.1 Å². The third-order valence-electron chi connectivity index (χ3n) is 4.85. The number of aromatic amines is 1. The minimum atomic E-state index is -0.561. The standard InChI is InChI=1S/C19H28N2O4/c1-10(2)18(23)21(9-14-7-8-14)13(5)17(22)15-11(3)16(19(24)25-6)20-12(15)4/h10,13-14,20H,7-9H2,1-6H3/t13-/m0/s1. The van der Waals surface area contributed by atoms with E-state index in [-0.39, 0.29) is 17.6 Å². The van der Waals surface area contributed by atoms with Gasteiger partial charge in [0, 0.05) is 23.7 Å². The molecule has 1 aromatic rings. The van der Waals surface area contributed by atoms with Gasteiger partial charge >= 0.3 is 5.97 Å². The highest BCUT2D eigenvalue weighted by Gasteiger charge is 2.35. The van der Waals surface area contributed by atoms with E-state index in [1.165, 1.54) is 7.11 Å². The molecule has 1 N–H and O–H groups in total. The number of carbonyl (C=O) groups is 3. The maximum absolute atomic E-state index is 13.1. The van der Waals surface area contributed by atoms with Gasteiger partial charge in [0.05, 0.1) is 13.2 Å². The van der Waals surface area contributed by atoms with Gasteiger partial charge in [0.2, 0.25) is 5.91 Å². The normalized spacial score (nSPS) is 15.2. The number of rotatable bonds is 7. The molecule has 0 bridgehead atoms. The number of methoxy groups -OCH3 is 1. The van der Waals surface area contributed by atoms with E-state index >= 15 is 0 Å². The van der Waals surface area contributed by atoms with Gasteiger partial charge in [0.1, 0.15) is 5.69 Å². The molecule has 0 aliphatic heterocycles. The molecule has 1 aliphatic carbocycles. The van der Waals surface area contributed by atoms with E-state index in [9.17, 15) is 14.4 Å². The molecule has 0 spiro atoms. The van der Waals surface area contributed by atoms with Crippen molar-refractivity contribution in [2.45, 2.75) is 53.5 Å². The smallest absolute Gasteiger partial charge is 0.354 e. The fourth-order valence-electron chi connectivity index (χ4n) is 3.13. The zero-order valence-corrected chi connectivity index (χ0v) is 15.9. The molecule has 1 aromatic heterocycles. The number of amides is 1. The van der Waals surface area contributed by atoms with Gasteiger partial charge in [-0.1, -0.05) is 13.8 Å². The fourth-order valence-corrected chi connectivity index (χ4v) is 3.13. The van der Waals surface area contributed by atoms with E-state index in [1.54, 1.807) is 25.7 Å². The highest BCUT2D eigenvalue weighted by Crippen LogP contribution is 2.31. The Bertz CT molecular complexity index is 686. The summed E-state index contributed by atoms with van der Waals surface area (Å²) in [6.45, 7) is 9.58. The maximum Gasteiger partial charge on any atom is 0.354 e. The van der Waals surface area contributed by atoms with Gasteiger partial charge in [-0.05, 0) is 45.1 Å². The van der Waals surface area contributed by atoms with Gasteiger partial charge in [0.15, 0.2) is 5.78 Å². The summed E-state index contributed by atoms with van der Waals surface area (Å²) < 4.78 is 4.76. The van der Waals surface area contributed by atoms with E-state index in [0.717, 1.165) is 12.8 Å². The topological polar surface area (TPSA) is 79.5 Å². The molecule has 1 heterocycles. The van der Waals surface area contributed by atoms with Crippen molar-refractivity contribution in [3.63, 3.8) is 0 Å². The van der Waals surface area contributed by atoms with Crippen molar-refractivity contribution >= 4 is 17.7 Å². The lowest BCUT2D eigenvalue weighted by Crippen LogP contribution is -2.46. The molecule has 1 fully saturated rings. The maximum atomic E-state index is 13.1. The summed E-state index contributed by atoms with van der Waals surface area (Å²) in [5.74, 6) is -0.312. The van der Waals surface area contributed by atoms with Crippen LogP contribution in [-0.2, 0) is 9.53 Å². The summed E-state index contributed by atoms with van der Waals surface area (Å²) in [6.07, 6.45) is 2.22. The lowest BCUT2D eigenvalue weighted by atomic mass is 9.98. The molecule has 6 nitrogen and oxygen atoms in total. The molecule has 1 aliphatic rings. The van der Waals surface area contributed by atoms with Crippen LogP contribution in [0, 0.1) is 25.7 Å². The SMILES string of the molecule is COC(=O)c1[nH]c(C)c(C(=O)[C@H](C)N(CC2CC2)C(=O)C(C)C)c1C. The van der Waals surface area contributed by atoms with Gasteiger partial charge in [0.25, 0.3) is 0 Å². The number of carbonyl (C=O) groups excluding carboxylic acids is 3. The van der Waals surface area contributed by atoms with E-state index in [2.05, 4.69) is 4.98 Å². The van der Waals surface area contributed by atoms with Crippen LogP contribution in [0.2, 0.25) is 0 Å². The number of ketones is 1. The summed E-state index contributed by atoms with van der Waals surface area (Å²) in [4.78, 5) is 42.2. The summed E-state index contributed by atoms with van der Waals surface area (Å²) in [5, 5.41) is 0. The zero-order valence-electron chi connectivity index (χ0n) is 15.9. The Balaban J connectivity index is 2.32. The number of aromatic nitrogens is 1. The number of ether oxygens (including phenoxy) is 1. The third kappa shape index (κ3) is 3.94. The van der Waals surface area contributed by atoms with Crippen molar-refractivity contribution in [1.29, 1.82) is 0 Å². The van der Waals surface area contributed by atoms with Crippen molar-refractivity contribution in [2.75, 3.05) is 13.7 Å². The average Bonchev–Trinajstić information content (AvgIpc) is 3.34. The lowest BCUT2D eigenvalue weighted by Gasteiger charge is -2.30. The minimum Gasteiger partial charge on any atom is -0.464 e. The van der Waals surface area contributed by atoms with Crippen LogP contribution in [0.15, 0.2) is 0 Å². The van der Waals surface area contributed by atoms with Gasteiger partial charge in [-0.25, -0.2) is 4.79 Å². The van der Waals surface area contributed by atoms with E-state index in [1.807, 2.05) is 13.8 Å². The number of nitrogens with zero attached hydrogens (tertiary/aromatic N) is 1. The van der Waals surface area contributed by atoms with Gasteiger partial charge in [-0.15, -0.1) is 0 Å². The molecular formula is C19H28N2O4. The first-order valence-corrected chi connectivity index (χ1v) is 8.81. The zero-order chi connectivity index (χ0) is 18.9. The molecule has 138 valence electrons. The predicted molar refractivity (Wildman–Crippen MR) is 94.7 cm³/mol. The largest absolute Gasteiger partial charge is 0.464 e. The predicted octanol–water partition coefficient (Wildman–Crippen LogP) is 2.88. The number of H-pyrrole nitrogens is 1. The van der Waals surface area contributed by atoms with Crippen LogP contribution < -0.4 is 0 Å². The van der Waals surface area contributed by atoms with Crippen LogP contribution in [0.5, 0.6) is 0 Å². The van der Waals surface area contributed by atoms with Crippen LogP contribution >= 0.6 is 0 Å². The number of nitrogens with one attached hydrogen (secondary N) is 1. The van der Waals surface area contributed by atoms with Crippen molar-refractivity contribution in [3.8, 4) is 0 Å². The van der Waals surface area contributed by atoms with Crippen LogP contribution in [0.1, 0.15) is 65.7 Å². The molecule has 0 saturated heterocycles. The Kier molecular flexibility index (Phi) is 5.70. The molecule has 2 rings (SSSR count). The number of esters is 1. The molecule has 0 radical (unpaired) electrons. The Morgan fingerprint density at radius 1 is 1.20 bits per heavy atom. The Labute approximate surface area is 148 Å². The quantitative estimate of drug-likeness (QED) is 0.607. The molecular weight excluding hydrogens is 320 g/mol. The number of aryl methyl sites for hydroxylation is 1. The molecule has 1 amide bonds. The second kappa shape index (κ2) is 7.42. The van der Waals surface area contributed by atoms with Crippen LogP contribution in [0.4, 0.5) is 0 Å². The Hall–Kier alpha value is -2.11. The summed E-state index contributed by atoms with van der Waals surface area (Å²) in [7, 11) is 1.31. The van der Waals surface area contributed by atoms with Crippen LogP contribution in [0.25, 0.3) is 0 Å². The molecule has 25 heavy (non-hydrogen) atoms. The van der Waals surface area contributed by atoms with Crippen LogP contribution in [0.3, 0.4) is 0 Å². The molecule has 1 saturated carbocycles. The fraction of sp³-hybridized carbons (Fsp3) is 0.632. The monoisotopic (exact) mass is 348 g/mol. The molecule has 6 heteroatoms. The first kappa shape index (κ1) is 19.2. The second-order valence-corrected chi connectivity index (χ2v) is 7.25. The highest BCUT2D eigenvalue weighted by atomic mass is 16.5. The third-order valence-corrected chi connectivity index (χ3v) is 4.85. The Morgan fingerprint density at radius 3 is 2.28 bits per heavy atom. The number of Topliss-reactive ketones (excluding diaryl/α,β-unsaturated/α-hetero) is 1. The van der Waals surface area contributed by atoms with Crippen molar-refractivity contribution in [3.05, 3.63) is 22.5 Å². The summed E-state index contributed by atoms with van der Waals surface area (Å²) in [5.41, 5.74) is 1.97. The van der Waals surface area contributed by atoms with E-state index < -0.39 is 12.0 Å². The van der Waals surface area contributed by atoms with E-state index in [4.69, 9.17) is 4.74 Å². The Morgan fingerprint density at radius 2 is 1.80 bits per heavy atom. The second-order valence-electron chi connectivity index (χ2n) is 7.25. The lowest BCUT2D eigenvalue weighted by molar-refractivity contribution is -0.136. The minimum absolute atomic E-state index is 0.00761. The number of hydrogen-bond acceptors (Lipinski definition) is 4. The molecule has 1 atom stereocenters. The summed E-state index contributed by atoms with van der Waals surface area (Å²) >= 11 is 0. The van der Waals surface area contributed by atoms with Gasteiger partial charge in [-0.2, -0.15) is 0 Å². The van der Waals surface area contributed by atoms with Gasteiger partial charge < -0.3 is 14.6 Å². The van der Waals surface area contributed by atoms with Crippen LogP contribution in [-0.4, -0.2) is 47.2 Å². The average molecular weight is 348 g/mol. The van der Waals surface area contributed by atoms with Crippen molar-refractivity contribution in [1.82, 2.24) is 9.88 Å². The number of hydrogen-bond donors (Lipinski definition) is 1. The van der Waals surface area contributed by atoms with Crippen molar-refractivity contribution in [2.24, 2.45) is 11.8 Å². The molecule has 0 aromatic carbocycles. The first-order valence-electron chi connectivity index (χ1n) is 8.81. The first-order chi connectivity index (χ1) is 11.7. The molecule has 0 unspecified atom stereocenters. The van der Waals surface area contributed by atoms with Gasteiger partial charge in [-0.3, -0.25) is 9.59 Å². The van der Waals surface area contributed by atoms with E-state index in [0.29, 0.717) is 35.0 Å². The highest BCUT2D eigenvalue weighted by molar-refractivity contribution is 6.06.